The van der Waals surface area contributed by atoms with Crippen molar-refractivity contribution >= 4 is 12.1 Å². The van der Waals surface area contributed by atoms with Gasteiger partial charge in [-0.2, -0.15) is 0 Å². The zero-order valence-corrected chi connectivity index (χ0v) is 18.3. The fraction of sp³-hybridized carbons (Fsp3) is 0.619. The highest BCUT2D eigenvalue weighted by atomic mass is 17.5. The van der Waals surface area contributed by atoms with Crippen LogP contribution in [0.1, 0.15) is 50.4 Å². The van der Waals surface area contributed by atoms with Crippen LogP contribution in [0.25, 0.3) is 0 Å². The third kappa shape index (κ3) is 5.91. The highest BCUT2D eigenvalue weighted by Crippen LogP contribution is 2.36. The van der Waals surface area contributed by atoms with Gasteiger partial charge < -0.3 is 18.9 Å². The number of hydrogen-bond donors (Lipinski definition) is 0. The molecular weight excluding hydrogens is 396 g/mol. The first-order valence-electron chi connectivity index (χ1n) is 9.86. The molecule has 9 heteroatoms. The quantitative estimate of drug-likeness (QED) is 0.342. The molecule has 3 unspecified atom stereocenters. The molecule has 9 nitrogen and oxygen atoms in total. The van der Waals surface area contributed by atoms with Gasteiger partial charge in [0.1, 0.15) is 17.4 Å². The summed E-state index contributed by atoms with van der Waals surface area (Å²) in [6.45, 7) is 6.31. The van der Waals surface area contributed by atoms with Crippen molar-refractivity contribution in [3.8, 4) is 17.2 Å². The summed E-state index contributed by atoms with van der Waals surface area (Å²) >= 11 is 0. The molecule has 1 fully saturated rings. The smallest absolute Gasteiger partial charge is 0.496 e. The molecule has 0 spiro atoms. The van der Waals surface area contributed by atoms with E-state index in [1.54, 1.807) is 0 Å². The van der Waals surface area contributed by atoms with Crippen molar-refractivity contribution in [1.82, 2.24) is 0 Å². The van der Waals surface area contributed by atoms with Crippen molar-refractivity contribution in [2.45, 2.75) is 46.1 Å². The molecule has 0 aromatic heterocycles. The average Bonchev–Trinajstić information content (AvgIpc) is 2.72. The predicted octanol–water partition coefficient (Wildman–Crippen LogP) is 4.33. The van der Waals surface area contributed by atoms with Crippen molar-refractivity contribution in [2.75, 3.05) is 21.3 Å². The molecule has 0 N–H and O–H groups in total. The Bertz CT molecular complexity index is 731. The standard InChI is InChI=1S/C21H30O9/c1-12(2)14-8-7-13(3)9-17(14)27-21(23)29-30-28-20(22)15-10-18(25-5)19(26-6)11-16(15)24-4/h10-14,17H,7-9H2,1-6H3. The fourth-order valence-corrected chi connectivity index (χ4v) is 3.70. The molecule has 0 saturated heterocycles. The lowest BCUT2D eigenvalue weighted by Gasteiger charge is -2.36. The van der Waals surface area contributed by atoms with E-state index in [-0.39, 0.29) is 29.1 Å². The largest absolute Gasteiger partial charge is 0.543 e. The summed E-state index contributed by atoms with van der Waals surface area (Å²) in [4.78, 5) is 33.3. The first-order chi connectivity index (χ1) is 14.3. The predicted molar refractivity (Wildman–Crippen MR) is 105 cm³/mol. The van der Waals surface area contributed by atoms with Crippen LogP contribution in [0.3, 0.4) is 0 Å². The summed E-state index contributed by atoms with van der Waals surface area (Å²) in [5.74, 6) is 0.935. The lowest BCUT2D eigenvalue weighted by Crippen LogP contribution is -2.36. The first-order valence-corrected chi connectivity index (χ1v) is 9.86. The summed E-state index contributed by atoms with van der Waals surface area (Å²) in [7, 11) is 4.25. The van der Waals surface area contributed by atoms with Crippen LogP contribution in [-0.4, -0.2) is 39.6 Å². The Hall–Kier alpha value is -2.68. The third-order valence-electron chi connectivity index (χ3n) is 5.35. The summed E-state index contributed by atoms with van der Waals surface area (Å²) in [5, 5.41) is 4.35. The molecule has 0 aliphatic heterocycles. The van der Waals surface area contributed by atoms with Crippen molar-refractivity contribution < 1.29 is 43.3 Å². The second kappa shape index (κ2) is 10.9. The minimum absolute atomic E-state index is 0.00639. The Morgan fingerprint density at radius 1 is 0.933 bits per heavy atom. The molecule has 1 aromatic carbocycles. The summed E-state index contributed by atoms with van der Waals surface area (Å²) in [6, 6.07) is 2.82. The van der Waals surface area contributed by atoms with Gasteiger partial charge in [-0.15, -0.1) is 0 Å². The van der Waals surface area contributed by atoms with E-state index in [0.717, 1.165) is 19.3 Å². The van der Waals surface area contributed by atoms with E-state index >= 15 is 0 Å². The molecular formula is C21H30O9. The minimum atomic E-state index is -1.06. The van der Waals surface area contributed by atoms with Gasteiger partial charge in [-0.3, -0.25) is 4.89 Å². The average molecular weight is 426 g/mol. The van der Waals surface area contributed by atoms with Crippen molar-refractivity contribution in [3.63, 3.8) is 0 Å². The Morgan fingerprint density at radius 2 is 1.57 bits per heavy atom. The summed E-state index contributed by atoms with van der Waals surface area (Å²) in [6.07, 6.45) is 1.49. The zero-order chi connectivity index (χ0) is 22.3. The maximum Gasteiger partial charge on any atom is 0.543 e. The van der Waals surface area contributed by atoms with E-state index in [4.69, 9.17) is 18.9 Å². The minimum Gasteiger partial charge on any atom is -0.496 e. The van der Waals surface area contributed by atoms with Gasteiger partial charge in [0.15, 0.2) is 11.5 Å². The third-order valence-corrected chi connectivity index (χ3v) is 5.35. The number of benzene rings is 1. The molecule has 0 heterocycles. The van der Waals surface area contributed by atoms with Gasteiger partial charge in [-0.1, -0.05) is 27.2 Å². The molecule has 0 radical (unpaired) electrons. The molecule has 1 saturated carbocycles. The molecule has 168 valence electrons. The van der Waals surface area contributed by atoms with Gasteiger partial charge in [0.2, 0.25) is 0 Å². The molecule has 1 aliphatic rings. The van der Waals surface area contributed by atoms with Crippen LogP contribution in [0.4, 0.5) is 4.79 Å². The number of carbonyl (C=O) groups excluding carboxylic acids is 2. The SMILES string of the molecule is COc1cc(OC)c(C(=O)OOOC(=O)OC2CC(C)CCC2C(C)C)cc1OC. The molecule has 0 bridgehead atoms. The van der Waals surface area contributed by atoms with Crippen LogP contribution >= 0.6 is 0 Å². The lowest BCUT2D eigenvalue weighted by atomic mass is 9.75. The number of rotatable bonds is 8. The fourth-order valence-electron chi connectivity index (χ4n) is 3.70. The van der Waals surface area contributed by atoms with E-state index in [1.807, 2.05) is 0 Å². The van der Waals surface area contributed by atoms with Crippen molar-refractivity contribution in [1.29, 1.82) is 0 Å². The van der Waals surface area contributed by atoms with Gasteiger partial charge in [-0.25, -0.2) is 14.5 Å². The van der Waals surface area contributed by atoms with Crippen LogP contribution in [0.5, 0.6) is 17.2 Å². The number of methoxy groups -OCH3 is 3. The maximum atomic E-state index is 12.3. The molecule has 1 aliphatic carbocycles. The van der Waals surface area contributed by atoms with E-state index in [1.165, 1.54) is 33.5 Å². The molecule has 2 rings (SSSR count). The van der Waals surface area contributed by atoms with Crippen molar-refractivity contribution in [2.24, 2.45) is 17.8 Å². The zero-order valence-electron chi connectivity index (χ0n) is 18.3. The number of hydrogen-bond acceptors (Lipinski definition) is 9. The monoisotopic (exact) mass is 426 g/mol. The van der Waals surface area contributed by atoms with E-state index in [0.29, 0.717) is 17.6 Å². The Labute approximate surface area is 176 Å². The Balaban J connectivity index is 1.93. The second-order valence-corrected chi connectivity index (χ2v) is 7.66. The maximum absolute atomic E-state index is 12.3. The van der Waals surface area contributed by atoms with E-state index in [2.05, 4.69) is 35.6 Å². The summed E-state index contributed by atoms with van der Waals surface area (Å²) < 4.78 is 20.9. The van der Waals surface area contributed by atoms with E-state index in [9.17, 15) is 9.59 Å². The summed E-state index contributed by atoms with van der Waals surface area (Å²) in [5.41, 5.74) is -0.00639. The molecule has 30 heavy (non-hydrogen) atoms. The van der Waals surface area contributed by atoms with Crippen LogP contribution in [0.15, 0.2) is 12.1 Å². The van der Waals surface area contributed by atoms with Crippen molar-refractivity contribution in [3.05, 3.63) is 17.7 Å². The normalized spacial score (nSPS) is 21.0. The lowest BCUT2D eigenvalue weighted by molar-refractivity contribution is -0.453. The van der Waals surface area contributed by atoms with Crippen LogP contribution < -0.4 is 14.2 Å². The van der Waals surface area contributed by atoms with Crippen LogP contribution in [0.2, 0.25) is 0 Å². The Morgan fingerprint density at radius 3 is 2.17 bits per heavy atom. The van der Waals surface area contributed by atoms with Gasteiger partial charge in [0, 0.05) is 12.1 Å². The number of carbonyl (C=O) groups is 2. The highest BCUT2D eigenvalue weighted by molar-refractivity contribution is 5.93. The van der Waals surface area contributed by atoms with Gasteiger partial charge in [-0.05, 0) is 30.6 Å². The van der Waals surface area contributed by atoms with Crippen LogP contribution in [0, 0.1) is 17.8 Å². The molecule has 0 amide bonds. The molecule has 3 atom stereocenters. The van der Waals surface area contributed by atoms with Gasteiger partial charge in [0.25, 0.3) is 0 Å². The number of ether oxygens (including phenoxy) is 4. The topological polar surface area (TPSA) is 98.8 Å². The van der Waals surface area contributed by atoms with Gasteiger partial charge >= 0.3 is 12.1 Å². The van der Waals surface area contributed by atoms with Crippen LogP contribution in [-0.2, 0) is 19.6 Å². The molecule has 1 aromatic rings. The first kappa shape index (κ1) is 23.6. The van der Waals surface area contributed by atoms with E-state index < -0.39 is 12.1 Å². The second-order valence-electron chi connectivity index (χ2n) is 7.66. The Kier molecular flexibility index (Phi) is 8.58. The highest BCUT2D eigenvalue weighted by Gasteiger charge is 2.34. The van der Waals surface area contributed by atoms with Gasteiger partial charge in [0.05, 0.1) is 26.4 Å².